The minimum Gasteiger partial charge on any atom is -0.480 e. The van der Waals surface area contributed by atoms with Crippen molar-refractivity contribution >= 4 is 26.7 Å². The van der Waals surface area contributed by atoms with Crippen LogP contribution in [0.2, 0.25) is 25.2 Å². The first kappa shape index (κ1) is 12.0. The maximum atomic E-state index is 10.6. The fourth-order valence-corrected chi connectivity index (χ4v) is 4.74. The molecular formula is C7H17NO2SSi. The van der Waals surface area contributed by atoms with Gasteiger partial charge in [0.05, 0.1) is 8.07 Å². The lowest BCUT2D eigenvalue weighted by atomic mass is 10.2. The number of nitrogens with two attached hydrogens (primary N) is 1. The molecule has 0 saturated carbocycles. The van der Waals surface area contributed by atoms with E-state index in [1.54, 1.807) is 0 Å². The fourth-order valence-electron chi connectivity index (χ4n) is 1.10. The molecule has 0 fully saturated rings. The zero-order chi connectivity index (χ0) is 9.94. The van der Waals surface area contributed by atoms with E-state index in [1.807, 2.05) is 0 Å². The molecule has 12 heavy (non-hydrogen) atoms. The number of hydrogen-bond acceptors (Lipinski definition) is 3. The zero-order valence-corrected chi connectivity index (χ0v) is 9.64. The van der Waals surface area contributed by atoms with Crippen LogP contribution in [0.4, 0.5) is 0 Å². The Bertz CT molecular complexity index is 169. The predicted molar refractivity (Wildman–Crippen MR) is 56.6 cm³/mol. The summed E-state index contributed by atoms with van der Waals surface area (Å²) in [4.78, 5) is 10.6. The Morgan fingerprint density at radius 3 is 2.08 bits per heavy atom. The van der Waals surface area contributed by atoms with Crippen molar-refractivity contribution in [1.82, 2.24) is 0 Å². The first-order valence-corrected chi connectivity index (χ1v) is 8.11. The molecule has 2 unspecified atom stereocenters. The molecule has 72 valence electrons. The summed E-state index contributed by atoms with van der Waals surface area (Å²) < 4.78 is 0. The summed E-state index contributed by atoms with van der Waals surface area (Å²) in [6, 6.07) is -0.755. The second-order valence-electron chi connectivity index (χ2n) is 4.02. The molecule has 2 atom stereocenters. The summed E-state index contributed by atoms with van der Waals surface area (Å²) in [6.45, 7) is 6.32. The quantitative estimate of drug-likeness (QED) is 0.477. The maximum Gasteiger partial charge on any atom is 0.320 e. The van der Waals surface area contributed by atoms with Crippen LogP contribution in [-0.2, 0) is 4.79 Å². The van der Waals surface area contributed by atoms with Crippen molar-refractivity contribution in [2.24, 2.45) is 5.73 Å². The topological polar surface area (TPSA) is 63.3 Å². The summed E-state index contributed by atoms with van der Waals surface area (Å²) in [5, 5.41) is 8.71. The van der Waals surface area contributed by atoms with Crippen molar-refractivity contribution in [3.8, 4) is 0 Å². The summed E-state index contributed by atoms with van der Waals surface area (Å²) in [5.41, 5.74) is 5.58. The average molecular weight is 207 g/mol. The van der Waals surface area contributed by atoms with Crippen LogP contribution in [0.15, 0.2) is 0 Å². The number of rotatable bonds is 4. The van der Waals surface area contributed by atoms with Crippen LogP contribution in [0.1, 0.15) is 0 Å². The molecule has 3 N–H and O–H groups in total. The van der Waals surface area contributed by atoms with E-state index in [1.165, 1.54) is 0 Å². The molecule has 0 aliphatic rings. The van der Waals surface area contributed by atoms with Crippen molar-refractivity contribution < 1.29 is 9.90 Å². The van der Waals surface area contributed by atoms with E-state index in [2.05, 4.69) is 32.3 Å². The number of carboxylic acid groups (broad SMARTS) is 1. The Morgan fingerprint density at radius 2 is 2.00 bits per heavy atom. The van der Waals surface area contributed by atoms with Crippen molar-refractivity contribution in [1.29, 1.82) is 0 Å². The second kappa shape index (κ2) is 4.29. The molecule has 3 nitrogen and oxygen atoms in total. The van der Waals surface area contributed by atoms with E-state index < -0.39 is 20.1 Å². The summed E-state index contributed by atoms with van der Waals surface area (Å²) in [5.74, 6) is -0.361. The molecule has 0 aromatic carbocycles. The third-order valence-corrected chi connectivity index (χ3v) is 5.55. The number of hydrogen-bond donors (Lipinski definition) is 3. The second-order valence-corrected chi connectivity index (χ2v) is 9.86. The predicted octanol–water partition coefficient (Wildman–Crippen LogP) is 1.04. The molecule has 0 aromatic rings. The number of thiol groups is 1. The molecule has 5 heteroatoms. The van der Waals surface area contributed by atoms with Gasteiger partial charge in [-0.05, 0) is 11.3 Å². The van der Waals surface area contributed by atoms with Gasteiger partial charge in [0.1, 0.15) is 6.04 Å². The lowest BCUT2D eigenvalue weighted by Crippen LogP contribution is -2.46. The molecule has 0 spiro atoms. The molecule has 0 amide bonds. The van der Waals surface area contributed by atoms with Crippen LogP contribution in [0.25, 0.3) is 0 Å². The Balaban J connectivity index is 4.45. The smallest absolute Gasteiger partial charge is 0.320 e. The number of carboxylic acids is 1. The molecular weight excluding hydrogens is 190 g/mol. The highest BCUT2D eigenvalue weighted by Crippen LogP contribution is 2.25. The van der Waals surface area contributed by atoms with E-state index in [-0.39, 0.29) is 5.54 Å². The van der Waals surface area contributed by atoms with Crippen molar-refractivity contribution in [2.45, 2.75) is 31.2 Å². The van der Waals surface area contributed by atoms with E-state index in [4.69, 9.17) is 10.8 Å². The summed E-state index contributed by atoms with van der Waals surface area (Å²) >= 11 is 4.13. The van der Waals surface area contributed by atoms with E-state index in [0.29, 0.717) is 5.75 Å². The zero-order valence-electron chi connectivity index (χ0n) is 7.74. The van der Waals surface area contributed by atoms with Crippen LogP contribution >= 0.6 is 12.6 Å². The normalized spacial score (nSPS) is 17.1. The van der Waals surface area contributed by atoms with E-state index >= 15 is 0 Å². The lowest BCUT2D eigenvalue weighted by molar-refractivity contribution is -0.138. The Morgan fingerprint density at radius 1 is 1.58 bits per heavy atom. The van der Waals surface area contributed by atoms with Gasteiger partial charge in [0.2, 0.25) is 0 Å². The summed E-state index contributed by atoms with van der Waals surface area (Å²) in [6.07, 6.45) is 0. The Kier molecular flexibility index (Phi) is 4.29. The van der Waals surface area contributed by atoms with E-state index in [9.17, 15) is 4.79 Å². The molecule has 0 aliphatic heterocycles. The highest BCUT2D eigenvalue weighted by molar-refractivity contribution is 7.80. The minimum atomic E-state index is -1.49. The van der Waals surface area contributed by atoms with Gasteiger partial charge in [-0.25, -0.2) is 0 Å². The first-order valence-electron chi connectivity index (χ1n) is 3.90. The Labute approximate surface area is 79.8 Å². The molecule has 0 saturated heterocycles. The van der Waals surface area contributed by atoms with Gasteiger partial charge in [0.15, 0.2) is 0 Å². The lowest BCUT2D eigenvalue weighted by Gasteiger charge is -2.30. The fraction of sp³-hybridized carbons (Fsp3) is 0.857. The van der Waals surface area contributed by atoms with Gasteiger partial charge in [0.25, 0.3) is 0 Å². The third kappa shape index (κ3) is 3.16. The third-order valence-electron chi connectivity index (χ3n) is 2.03. The number of aliphatic carboxylic acids is 1. The highest BCUT2D eigenvalue weighted by Gasteiger charge is 2.34. The van der Waals surface area contributed by atoms with Gasteiger partial charge >= 0.3 is 5.97 Å². The standard InChI is InChI=1S/C7H17NO2SSi/c1-12(2,3)5(4-11)6(8)7(9)10/h5-6,11H,4,8H2,1-3H3,(H,9,10). The van der Waals surface area contributed by atoms with Gasteiger partial charge in [-0.1, -0.05) is 19.6 Å². The molecule has 0 radical (unpaired) electrons. The van der Waals surface area contributed by atoms with Crippen LogP contribution in [-0.4, -0.2) is 30.9 Å². The molecule has 0 aliphatic carbocycles. The molecule has 0 heterocycles. The van der Waals surface area contributed by atoms with Crippen molar-refractivity contribution in [3.63, 3.8) is 0 Å². The van der Waals surface area contributed by atoms with Crippen molar-refractivity contribution in [3.05, 3.63) is 0 Å². The molecule has 0 aromatic heterocycles. The molecule has 0 rings (SSSR count). The SMILES string of the molecule is C[Si](C)(C)C(CS)C(N)C(=O)O. The minimum absolute atomic E-state index is 0.0401. The van der Waals surface area contributed by atoms with Crippen LogP contribution in [0.3, 0.4) is 0 Å². The average Bonchev–Trinajstić information content (AvgIpc) is 1.85. The van der Waals surface area contributed by atoms with Gasteiger partial charge in [0, 0.05) is 0 Å². The van der Waals surface area contributed by atoms with Crippen LogP contribution in [0.5, 0.6) is 0 Å². The Hall–Kier alpha value is -0.00312. The van der Waals surface area contributed by atoms with E-state index in [0.717, 1.165) is 0 Å². The monoisotopic (exact) mass is 207 g/mol. The van der Waals surface area contributed by atoms with Gasteiger partial charge in [-0.3, -0.25) is 4.79 Å². The van der Waals surface area contributed by atoms with Gasteiger partial charge < -0.3 is 10.8 Å². The highest BCUT2D eigenvalue weighted by atomic mass is 32.1. The largest absolute Gasteiger partial charge is 0.480 e. The van der Waals surface area contributed by atoms with Crippen LogP contribution in [0, 0.1) is 0 Å². The first-order chi connectivity index (χ1) is 5.30. The number of carbonyl (C=O) groups is 1. The van der Waals surface area contributed by atoms with Crippen LogP contribution < -0.4 is 5.73 Å². The van der Waals surface area contributed by atoms with Gasteiger partial charge in [-0.15, -0.1) is 0 Å². The maximum absolute atomic E-state index is 10.6. The molecule has 0 bridgehead atoms. The van der Waals surface area contributed by atoms with Gasteiger partial charge in [-0.2, -0.15) is 12.6 Å². The van der Waals surface area contributed by atoms with Crippen molar-refractivity contribution in [2.75, 3.05) is 5.75 Å². The summed E-state index contributed by atoms with van der Waals surface area (Å²) in [7, 11) is -1.49.